The predicted molar refractivity (Wildman–Crippen MR) is 83.0 cm³/mol. The van der Waals surface area contributed by atoms with Crippen LogP contribution in [0.3, 0.4) is 0 Å². The highest BCUT2D eigenvalue weighted by Crippen LogP contribution is 2.37. The van der Waals surface area contributed by atoms with Gasteiger partial charge in [0.1, 0.15) is 5.75 Å². The lowest BCUT2D eigenvalue weighted by Crippen LogP contribution is -2.36. The number of hydrogen-bond donors (Lipinski definition) is 1. The lowest BCUT2D eigenvalue weighted by atomic mass is 9.95. The van der Waals surface area contributed by atoms with Crippen molar-refractivity contribution < 1.29 is 9.47 Å². The molecule has 1 aromatic carbocycles. The molecule has 1 aromatic rings. The highest BCUT2D eigenvalue weighted by Gasteiger charge is 2.27. The molecule has 0 saturated carbocycles. The van der Waals surface area contributed by atoms with Crippen LogP contribution in [0.15, 0.2) is 12.1 Å². The van der Waals surface area contributed by atoms with Crippen LogP contribution in [0.25, 0.3) is 0 Å². The van der Waals surface area contributed by atoms with Gasteiger partial charge >= 0.3 is 0 Å². The molecule has 112 valence electrons. The summed E-state index contributed by atoms with van der Waals surface area (Å²) in [5.41, 5.74) is 0.978. The third kappa shape index (κ3) is 3.59. The fourth-order valence-electron chi connectivity index (χ4n) is 2.63. The Bertz CT molecular complexity index is 448. The van der Waals surface area contributed by atoms with E-state index in [1.165, 1.54) is 6.42 Å². The molecule has 2 atom stereocenters. The highest BCUT2D eigenvalue weighted by molar-refractivity contribution is 6.34. The average molecular weight is 318 g/mol. The lowest BCUT2D eigenvalue weighted by molar-refractivity contribution is -0.00785. The van der Waals surface area contributed by atoms with E-state index in [-0.39, 0.29) is 12.1 Å². The first-order valence-electron chi connectivity index (χ1n) is 7.05. The third-order valence-corrected chi connectivity index (χ3v) is 4.24. The van der Waals surface area contributed by atoms with Gasteiger partial charge in [-0.15, -0.1) is 0 Å². The maximum atomic E-state index is 6.40. The Kier molecular flexibility index (Phi) is 5.97. The zero-order valence-electron chi connectivity index (χ0n) is 11.9. The van der Waals surface area contributed by atoms with Gasteiger partial charge in [-0.05, 0) is 37.4 Å². The van der Waals surface area contributed by atoms with Crippen LogP contribution < -0.4 is 10.1 Å². The van der Waals surface area contributed by atoms with Crippen LogP contribution in [-0.2, 0) is 4.74 Å². The molecule has 1 N–H and O–H groups in total. The quantitative estimate of drug-likeness (QED) is 0.881. The van der Waals surface area contributed by atoms with E-state index in [1.54, 1.807) is 13.2 Å². The second-order valence-corrected chi connectivity index (χ2v) is 5.76. The standard InChI is InChI=1S/C15H21Cl2NO2/c1-3-18-15(13-6-4-5-7-20-13)10-8-12(17)14(19-2)9-11(10)16/h8-9,13,15,18H,3-7H2,1-2H3. The van der Waals surface area contributed by atoms with Crippen LogP contribution >= 0.6 is 23.2 Å². The van der Waals surface area contributed by atoms with Crippen molar-refractivity contribution in [1.82, 2.24) is 5.32 Å². The normalized spacial score (nSPS) is 20.7. The Labute approximate surface area is 130 Å². The van der Waals surface area contributed by atoms with Crippen molar-refractivity contribution in [1.29, 1.82) is 0 Å². The average Bonchev–Trinajstić information content (AvgIpc) is 2.48. The van der Waals surface area contributed by atoms with E-state index < -0.39 is 0 Å². The van der Waals surface area contributed by atoms with Crippen molar-refractivity contribution >= 4 is 23.2 Å². The second kappa shape index (κ2) is 7.51. The molecule has 5 heteroatoms. The Balaban J connectivity index is 2.30. The number of likely N-dealkylation sites (N-methyl/N-ethyl adjacent to an activating group) is 1. The summed E-state index contributed by atoms with van der Waals surface area (Å²) in [4.78, 5) is 0. The Morgan fingerprint density at radius 3 is 2.75 bits per heavy atom. The fourth-order valence-corrected chi connectivity index (χ4v) is 3.15. The maximum absolute atomic E-state index is 6.40. The molecule has 1 fully saturated rings. The summed E-state index contributed by atoms with van der Waals surface area (Å²) in [6.07, 6.45) is 3.50. The molecule has 0 radical (unpaired) electrons. The van der Waals surface area contributed by atoms with Crippen LogP contribution in [0.1, 0.15) is 37.8 Å². The summed E-state index contributed by atoms with van der Waals surface area (Å²) in [6.45, 7) is 3.74. The van der Waals surface area contributed by atoms with Crippen LogP contribution in [0, 0.1) is 0 Å². The minimum Gasteiger partial charge on any atom is -0.495 e. The molecule has 2 unspecified atom stereocenters. The zero-order chi connectivity index (χ0) is 14.5. The molecule has 1 saturated heterocycles. The molecule has 1 aliphatic heterocycles. The monoisotopic (exact) mass is 317 g/mol. The van der Waals surface area contributed by atoms with E-state index in [2.05, 4.69) is 12.2 Å². The first kappa shape index (κ1) is 15.9. The number of hydrogen-bond acceptors (Lipinski definition) is 3. The van der Waals surface area contributed by atoms with Crippen molar-refractivity contribution in [2.45, 2.75) is 38.3 Å². The topological polar surface area (TPSA) is 30.5 Å². The van der Waals surface area contributed by atoms with E-state index in [4.69, 9.17) is 32.7 Å². The maximum Gasteiger partial charge on any atom is 0.138 e. The summed E-state index contributed by atoms with van der Waals surface area (Å²) < 4.78 is 11.1. The van der Waals surface area contributed by atoms with Gasteiger partial charge in [-0.25, -0.2) is 0 Å². The van der Waals surface area contributed by atoms with Crippen molar-refractivity contribution in [2.75, 3.05) is 20.3 Å². The number of benzene rings is 1. The molecular formula is C15H21Cl2NO2. The minimum atomic E-state index is 0.0659. The molecular weight excluding hydrogens is 297 g/mol. The third-order valence-electron chi connectivity index (χ3n) is 3.62. The molecule has 0 aliphatic carbocycles. The molecule has 0 spiro atoms. The smallest absolute Gasteiger partial charge is 0.138 e. The van der Waals surface area contributed by atoms with E-state index in [9.17, 15) is 0 Å². The van der Waals surface area contributed by atoms with Gasteiger partial charge in [0.25, 0.3) is 0 Å². The summed E-state index contributed by atoms with van der Waals surface area (Å²) in [5, 5.41) is 4.70. The first-order valence-corrected chi connectivity index (χ1v) is 7.80. The number of rotatable bonds is 5. The second-order valence-electron chi connectivity index (χ2n) is 4.95. The van der Waals surface area contributed by atoms with Gasteiger partial charge in [0.15, 0.2) is 0 Å². The predicted octanol–water partition coefficient (Wildman–Crippen LogP) is 4.22. The van der Waals surface area contributed by atoms with Crippen molar-refractivity contribution in [3.05, 3.63) is 27.7 Å². The summed E-state index contributed by atoms with van der Waals surface area (Å²) in [7, 11) is 1.59. The summed E-state index contributed by atoms with van der Waals surface area (Å²) >= 11 is 12.6. The van der Waals surface area contributed by atoms with Crippen LogP contribution in [-0.4, -0.2) is 26.4 Å². The molecule has 0 bridgehead atoms. The number of nitrogens with one attached hydrogen (secondary N) is 1. The summed E-state index contributed by atoms with van der Waals surface area (Å²) in [6, 6.07) is 3.72. The van der Waals surface area contributed by atoms with Gasteiger partial charge < -0.3 is 14.8 Å². The molecule has 0 aromatic heterocycles. The van der Waals surface area contributed by atoms with E-state index in [0.717, 1.165) is 31.6 Å². The molecule has 1 aliphatic rings. The van der Waals surface area contributed by atoms with Crippen molar-refractivity contribution in [3.8, 4) is 5.75 Å². The number of ether oxygens (including phenoxy) is 2. The van der Waals surface area contributed by atoms with Gasteiger partial charge in [-0.3, -0.25) is 0 Å². The first-order chi connectivity index (χ1) is 9.67. The zero-order valence-corrected chi connectivity index (χ0v) is 13.4. The summed E-state index contributed by atoms with van der Waals surface area (Å²) in [5.74, 6) is 0.597. The molecule has 1 heterocycles. The van der Waals surface area contributed by atoms with Gasteiger partial charge in [-0.2, -0.15) is 0 Å². The van der Waals surface area contributed by atoms with E-state index in [1.807, 2.05) is 6.07 Å². The molecule has 0 amide bonds. The van der Waals surface area contributed by atoms with Crippen LogP contribution in [0.5, 0.6) is 5.75 Å². The Hall–Kier alpha value is -0.480. The SMILES string of the molecule is CCNC(c1cc(Cl)c(OC)cc1Cl)C1CCCCO1. The molecule has 3 nitrogen and oxygen atoms in total. The fraction of sp³-hybridized carbons (Fsp3) is 0.600. The Morgan fingerprint density at radius 1 is 1.35 bits per heavy atom. The largest absolute Gasteiger partial charge is 0.495 e. The van der Waals surface area contributed by atoms with Crippen molar-refractivity contribution in [2.24, 2.45) is 0 Å². The molecule has 20 heavy (non-hydrogen) atoms. The van der Waals surface area contributed by atoms with Gasteiger partial charge in [0, 0.05) is 17.7 Å². The number of halogens is 2. The minimum absolute atomic E-state index is 0.0659. The molecule has 2 rings (SSSR count). The lowest BCUT2D eigenvalue weighted by Gasteiger charge is -2.32. The van der Waals surface area contributed by atoms with Gasteiger partial charge in [-0.1, -0.05) is 30.1 Å². The van der Waals surface area contributed by atoms with E-state index in [0.29, 0.717) is 15.8 Å². The van der Waals surface area contributed by atoms with Crippen LogP contribution in [0.4, 0.5) is 0 Å². The van der Waals surface area contributed by atoms with Gasteiger partial charge in [0.2, 0.25) is 0 Å². The van der Waals surface area contributed by atoms with Gasteiger partial charge in [0.05, 0.1) is 24.3 Å². The van der Waals surface area contributed by atoms with Crippen LogP contribution in [0.2, 0.25) is 10.0 Å². The number of methoxy groups -OCH3 is 1. The Morgan fingerprint density at radius 2 is 2.15 bits per heavy atom. The van der Waals surface area contributed by atoms with E-state index >= 15 is 0 Å². The van der Waals surface area contributed by atoms with Crippen molar-refractivity contribution in [3.63, 3.8) is 0 Å². The highest BCUT2D eigenvalue weighted by atomic mass is 35.5.